The van der Waals surface area contributed by atoms with Crippen molar-refractivity contribution in [2.24, 2.45) is 0 Å². The number of nitrogen functional groups attached to an aromatic ring is 1. The first-order chi connectivity index (χ1) is 8.69. The summed E-state index contributed by atoms with van der Waals surface area (Å²) in [6.07, 6.45) is 0. The van der Waals surface area contributed by atoms with Crippen molar-refractivity contribution in [3.05, 3.63) is 28.7 Å². The molecule has 1 aromatic carbocycles. The van der Waals surface area contributed by atoms with E-state index in [2.05, 4.69) is 30.9 Å². The van der Waals surface area contributed by atoms with E-state index < -0.39 is 0 Å². The molecule has 1 aromatic heterocycles. The van der Waals surface area contributed by atoms with Gasteiger partial charge in [-0.2, -0.15) is 9.97 Å². The first-order valence-electron chi connectivity index (χ1n) is 5.25. The second kappa shape index (κ2) is 5.63. The SMILES string of the molecule is CCOc1nc(N)nc(Oc2ccccc2Br)n1. The fraction of sp³-hybridized carbons (Fsp3) is 0.182. The number of anilines is 1. The quantitative estimate of drug-likeness (QED) is 0.933. The zero-order valence-corrected chi connectivity index (χ0v) is 11.2. The van der Waals surface area contributed by atoms with Gasteiger partial charge in [0.15, 0.2) is 0 Å². The molecule has 2 rings (SSSR count). The second-order valence-corrected chi connectivity index (χ2v) is 4.08. The molecule has 2 aromatic rings. The molecule has 0 amide bonds. The summed E-state index contributed by atoms with van der Waals surface area (Å²) in [5.41, 5.74) is 5.55. The predicted molar refractivity (Wildman–Crippen MR) is 69.6 cm³/mol. The highest BCUT2D eigenvalue weighted by Gasteiger charge is 2.08. The van der Waals surface area contributed by atoms with Gasteiger partial charge < -0.3 is 15.2 Å². The molecule has 0 fully saturated rings. The zero-order valence-electron chi connectivity index (χ0n) is 9.63. The van der Waals surface area contributed by atoms with Gasteiger partial charge in [-0.3, -0.25) is 0 Å². The topological polar surface area (TPSA) is 83.2 Å². The van der Waals surface area contributed by atoms with Gasteiger partial charge in [0.25, 0.3) is 0 Å². The van der Waals surface area contributed by atoms with Crippen LogP contribution in [0.5, 0.6) is 17.8 Å². The summed E-state index contributed by atoms with van der Waals surface area (Å²) >= 11 is 3.36. The van der Waals surface area contributed by atoms with Gasteiger partial charge in [-0.15, -0.1) is 4.98 Å². The average Bonchev–Trinajstić information content (AvgIpc) is 2.32. The van der Waals surface area contributed by atoms with Crippen molar-refractivity contribution in [1.82, 2.24) is 15.0 Å². The lowest BCUT2D eigenvalue weighted by Crippen LogP contribution is -2.04. The molecule has 7 heteroatoms. The second-order valence-electron chi connectivity index (χ2n) is 3.22. The van der Waals surface area contributed by atoms with Crippen LogP contribution in [0.4, 0.5) is 5.95 Å². The summed E-state index contributed by atoms with van der Waals surface area (Å²) in [6.45, 7) is 2.27. The maximum absolute atomic E-state index is 5.55. The van der Waals surface area contributed by atoms with Crippen molar-refractivity contribution in [1.29, 1.82) is 0 Å². The zero-order chi connectivity index (χ0) is 13.0. The van der Waals surface area contributed by atoms with E-state index in [0.717, 1.165) is 4.47 Å². The Morgan fingerprint density at radius 3 is 2.61 bits per heavy atom. The van der Waals surface area contributed by atoms with Crippen molar-refractivity contribution >= 4 is 21.9 Å². The molecule has 0 spiro atoms. The van der Waals surface area contributed by atoms with Crippen LogP contribution in [0.15, 0.2) is 28.7 Å². The van der Waals surface area contributed by atoms with Crippen molar-refractivity contribution in [3.8, 4) is 17.8 Å². The Hall–Kier alpha value is -1.89. The average molecular weight is 311 g/mol. The predicted octanol–water partition coefficient (Wildman–Crippen LogP) is 2.41. The molecule has 0 aliphatic heterocycles. The summed E-state index contributed by atoms with van der Waals surface area (Å²) in [5.74, 6) is 0.640. The van der Waals surface area contributed by atoms with Gasteiger partial charge >= 0.3 is 12.0 Å². The summed E-state index contributed by atoms with van der Waals surface area (Å²) in [7, 11) is 0. The lowest BCUT2D eigenvalue weighted by molar-refractivity contribution is 0.304. The number of aromatic nitrogens is 3. The summed E-state index contributed by atoms with van der Waals surface area (Å²) in [6, 6.07) is 7.59. The molecule has 0 unspecified atom stereocenters. The highest BCUT2D eigenvalue weighted by Crippen LogP contribution is 2.27. The van der Waals surface area contributed by atoms with E-state index >= 15 is 0 Å². The fourth-order valence-corrected chi connectivity index (χ4v) is 1.58. The van der Waals surface area contributed by atoms with E-state index in [1.807, 2.05) is 25.1 Å². The lowest BCUT2D eigenvalue weighted by Gasteiger charge is -2.07. The Kier molecular flexibility index (Phi) is 3.93. The minimum absolute atomic E-state index is 0.0514. The van der Waals surface area contributed by atoms with Crippen LogP contribution >= 0.6 is 15.9 Å². The Bertz CT molecular complexity index is 550. The largest absolute Gasteiger partial charge is 0.464 e. The maximum Gasteiger partial charge on any atom is 0.330 e. The summed E-state index contributed by atoms with van der Waals surface area (Å²) in [4.78, 5) is 11.7. The number of nitrogens with zero attached hydrogens (tertiary/aromatic N) is 3. The molecular formula is C11H11BrN4O2. The molecule has 1 heterocycles. The van der Waals surface area contributed by atoms with E-state index in [1.165, 1.54) is 0 Å². The molecule has 0 radical (unpaired) electrons. The monoisotopic (exact) mass is 310 g/mol. The Labute approximate surface area is 112 Å². The summed E-state index contributed by atoms with van der Waals surface area (Å²) in [5, 5.41) is 0. The number of hydrogen-bond donors (Lipinski definition) is 1. The molecule has 18 heavy (non-hydrogen) atoms. The Morgan fingerprint density at radius 2 is 1.89 bits per heavy atom. The van der Waals surface area contributed by atoms with Gasteiger partial charge in [-0.25, -0.2) is 0 Å². The highest BCUT2D eigenvalue weighted by atomic mass is 79.9. The van der Waals surface area contributed by atoms with Crippen LogP contribution in [0.25, 0.3) is 0 Å². The van der Waals surface area contributed by atoms with Crippen LogP contribution in [0, 0.1) is 0 Å². The van der Waals surface area contributed by atoms with Gasteiger partial charge in [0.1, 0.15) is 5.75 Å². The molecule has 2 N–H and O–H groups in total. The molecule has 0 aliphatic carbocycles. The van der Waals surface area contributed by atoms with Crippen molar-refractivity contribution in [2.75, 3.05) is 12.3 Å². The minimum atomic E-state index is 0.0514. The standard InChI is InChI=1S/C11H11BrN4O2/c1-2-17-10-14-9(13)15-11(16-10)18-8-6-4-3-5-7(8)12/h3-6H,2H2,1H3,(H2,13,14,15,16). The number of ether oxygens (including phenoxy) is 2. The van der Waals surface area contributed by atoms with Crippen molar-refractivity contribution in [2.45, 2.75) is 6.92 Å². The van der Waals surface area contributed by atoms with Gasteiger partial charge in [0.05, 0.1) is 11.1 Å². The highest BCUT2D eigenvalue weighted by molar-refractivity contribution is 9.10. The van der Waals surface area contributed by atoms with E-state index in [-0.39, 0.29) is 18.0 Å². The molecule has 0 bridgehead atoms. The van der Waals surface area contributed by atoms with Gasteiger partial charge in [0.2, 0.25) is 5.95 Å². The lowest BCUT2D eigenvalue weighted by atomic mass is 10.3. The third-order valence-electron chi connectivity index (χ3n) is 1.92. The van der Waals surface area contributed by atoms with Gasteiger partial charge in [0, 0.05) is 0 Å². The molecule has 0 atom stereocenters. The molecular weight excluding hydrogens is 300 g/mol. The number of rotatable bonds is 4. The van der Waals surface area contributed by atoms with Gasteiger partial charge in [-0.1, -0.05) is 12.1 Å². The number of halogens is 1. The fourth-order valence-electron chi connectivity index (χ4n) is 1.22. The normalized spacial score (nSPS) is 10.1. The molecule has 0 saturated carbocycles. The smallest absolute Gasteiger partial charge is 0.330 e. The minimum Gasteiger partial charge on any atom is -0.464 e. The van der Waals surface area contributed by atoms with Crippen LogP contribution in [-0.2, 0) is 0 Å². The number of hydrogen-bond acceptors (Lipinski definition) is 6. The third kappa shape index (κ3) is 3.07. The maximum atomic E-state index is 5.55. The van der Waals surface area contributed by atoms with E-state index in [9.17, 15) is 0 Å². The first kappa shape index (κ1) is 12.6. The Morgan fingerprint density at radius 1 is 1.17 bits per heavy atom. The van der Waals surface area contributed by atoms with Gasteiger partial charge in [-0.05, 0) is 35.0 Å². The molecule has 94 valence electrons. The van der Waals surface area contributed by atoms with E-state index in [4.69, 9.17) is 15.2 Å². The van der Waals surface area contributed by atoms with Crippen LogP contribution in [0.3, 0.4) is 0 Å². The van der Waals surface area contributed by atoms with E-state index in [0.29, 0.717) is 12.4 Å². The van der Waals surface area contributed by atoms with Crippen LogP contribution < -0.4 is 15.2 Å². The summed E-state index contributed by atoms with van der Waals surface area (Å²) < 4.78 is 11.5. The number of para-hydroxylation sites is 1. The van der Waals surface area contributed by atoms with Crippen LogP contribution in [0.1, 0.15) is 6.92 Å². The van der Waals surface area contributed by atoms with Crippen molar-refractivity contribution < 1.29 is 9.47 Å². The molecule has 0 aliphatic rings. The Balaban J connectivity index is 2.26. The molecule has 0 saturated heterocycles. The van der Waals surface area contributed by atoms with Crippen molar-refractivity contribution in [3.63, 3.8) is 0 Å². The number of nitrogens with two attached hydrogens (primary N) is 1. The first-order valence-corrected chi connectivity index (χ1v) is 6.05. The van der Waals surface area contributed by atoms with E-state index in [1.54, 1.807) is 6.07 Å². The number of benzene rings is 1. The molecule has 6 nitrogen and oxygen atoms in total. The van der Waals surface area contributed by atoms with Crippen LogP contribution in [0.2, 0.25) is 0 Å². The van der Waals surface area contributed by atoms with Crippen LogP contribution in [-0.4, -0.2) is 21.6 Å². The third-order valence-corrected chi connectivity index (χ3v) is 2.58.